The van der Waals surface area contributed by atoms with Gasteiger partial charge in [-0.15, -0.1) is 0 Å². The Morgan fingerprint density at radius 1 is 1.28 bits per heavy atom. The molecule has 0 aliphatic carbocycles. The van der Waals surface area contributed by atoms with Crippen LogP contribution in [0.1, 0.15) is 40.9 Å². The lowest BCUT2D eigenvalue weighted by Gasteiger charge is -2.40. The van der Waals surface area contributed by atoms with Crippen LogP contribution in [0.15, 0.2) is 48.0 Å². The molecule has 0 saturated heterocycles. The highest BCUT2D eigenvalue weighted by atomic mass is 16.5. The molecule has 2 amide bonds. The highest BCUT2D eigenvalue weighted by Gasteiger charge is 2.41. The van der Waals surface area contributed by atoms with Crippen molar-refractivity contribution in [3.8, 4) is 11.8 Å². The molecule has 146 valence electrons. The van der Waals surface area contributed by atoms with Crippen molar-refractivity contribution in [1.29, 1.82) is 5.26 Å². The maximum Gasteiger partial charge on any atom is 0.258 e. The summed E-state index contributed by atoms with van der Waals surface area (Å²) in [5, 5.41) is 19.8. The van der Waals surface area contributed by atoms with Crippen LogP contribution in [0.25, 0.3) is 5.70 Å². The zero-order valence-electron chi connectivity index (χ0n) is 16.0. The molecule has 0 unspecified atom stereocenters. The lowest BCUT2D eigenvalue weighted by Crippen LogP contribution is -2.42. The topological polar surface area (TPSA) is 93.9 Å². The van der Waals surface area contributed by atoms with Crippen LogP contribution < -0.4 is 4.74 Å². The first kappa shape index (κ1) is 18.7. The van der Waals surface area contributed by atoms with E-state index in [4.69, 9.17) is 4.74 Å². The molecule has 0 spiro atoms. The molecular weight excluding hydrogens is 370 g/mol. The van der Waals surface area contributed by atoms with Crippen LogP contribution in [0, 0.1) is 11.3 Å². The van der Waals surface area contributed by atoms with E-state index in [-0.39, 0.29) is 12.5 Å². The van der Waals surface area contributed by atoms with E-state index in [1.807, 2.05) is 32.0 Å². The second kappa shape index (κ2) is 6.76. The Hall–Kier alpha value is -3.63. The molecule has 2 aliphatic rings. The van der Waals surface area contributed by atoms with Gasteiger partial charge in [0.25, 0.3) is 5.91 Å². The fraction of sp³-hybridized carbons (Fsp3) is 0.227. The first-order chi connectivity index (χ1) is 13.9. The summed E-state index contributed by atoms with van der Waals surface area (Å²) >= 11 is 0. The molecule has 1 N–H and O–H groups in total. The number of carbonyl (C=O) groups is 2. The van der Waals surface area contributed by atoms with Gasteiger partial charge in [-0.1, -0.05) is 18.2 Å². The third-order valence-corrected chi connectivity index (χ3v) is 5.27. The van der Waals surface area contributed by atoms with Gasteiger partial charge in [0.2, 0.25) is 6.41 Å². The molecular formula is C22H19N3O4. The second-order valence-electron chi connectivity index (χ2n) is 7.51. The monoisotopic (exact) mass is 389 g/mol. The molecule has 4 rings (SSSR count). The Morgan fingerprint density at radius 2 is 2.03 bits per heavy atom. The van der Waals surface area contributed by atoms with Gasteiger partial charge in [0, 0.05) is 16.7 Å². The van der Waals surface area contributed by atoms with Crippen LogP contribution >= 0.6 is 0 Å². The summed E-state index contributed by atoms with van der Waals surface area (Å²) < 4.78 is 6.12. The van der Waals surface area contributed by atoms with Crippen molar-refractivity contribution in [2.24, 2.45) is 0 Å². The molecule has 29 heavy (non-hydrogen) atoms. The van der Waals surface area contributed by atoms with Gasteiger partial charge in [-0.3, -0.25) is 14.8 Å². The number of hydrogen-bond donors (Lipinski definition) is 1. The maximum atomic E-state index is 13.2. The van der Waals surface area contributed by atoms with Crippen molar-refractivity contribution < 1.29 is 19.5 Å². The number of rotatable bonds is 4. The first-order valence-electron chi connectivity index (χ1n) is 9.13. The second-order valence-corrected chi connectivity index (χ2v) is 7.51. The summed E-state index contributed by atoms with van der Waals surface area (Å²) in [7, 11) is 0. The smallest absolute Gasteiger partial charge is 0.258 e. The number of ether oxygens (including phenoxy) is 1. The van der Waals surface area contributed by atoms with E-state index >= 15 is 0 Å². The number of amides is 2. The van der Waals surface area contributed by atoms with Crippen molar-refractivity contribution in [3.05, 3.63) is 70.3 Å². The molecule has 2 aromatic rings. The van der Waals surface area contributed by atoms with Gasteiger partial charge in [0.15, 0.2) is 0 Å². The van der Waals surface area contributed by atoms with Gasteiger partial charge in [0.1, 0.15) is 11.4 Å². The Labute approximate surface area is 168 Å². The Balaban J connectivity index is 1.95. The van der Waals surface area contributed by atoms with Gasteiger partial charge in [-0.25, -0.2) is 5.06 Å². The highest BCUT2D eigenvalue weighted by Crippen LogP contribution is 2.45. The molecule has 2 aromatic carbocycles. The van der Waals surface area contributed by atoms with E-state index in [0.29, 0.717) is 51.7 Å². The lowest BCUT2D eigenvalue weighted by molar-refractivity contribution is -0.148. The van der Waals surface area contributed by atoms with E-state index in [1.54, 1.807) is 29.2 Å². The summed E-state index contributed by atoms with van der Waals surface area (Å²) in [6, 6.07) is 14.5. The minimum atomic E-state index is -0.893. The molecule has 7 nitrogen and oxygen atoms in total. The zero-order chi connectivity index (χ0) is 20.8. The van der Waals surface area contributed by atoms with E-state index in [1.165, 1.54) is 0 Å². The van der Waals surface area contributed by atoms with Crippen molar-refractivity contribution in [3.63, 3.8) is 0 Å². The quantitative estimate of drug-likeness (QED) is 0.493. The molecule has 7 heteroatoms. The predicted molar refractivity (Wildman–Crippen MR) is 104 cm³/mol. The average molecular weight is 389 g/mol. The van der Waals surface area contributed by atoms with Crippen molar-refractivity contribution in [1.82, 2.24) is 9.96 Å². The van der Waals surface area contributed by atoms with Gasteiger partial charge < -0.3 is 9.64 Å². The van der Waals surface area contributed by atoms with E-state index in [0.717, 1.165) is 5.56 Å². The van der Waals surface area contributed by atoms with Gasteiger partial charge in [-0.2, -0.15) is 5.26 Å². The molecule has 0 radical (unpaired) electrons. The number of hydrogen-bond acceptors (Lipinski definition) is 5. The van der Waals surface area contributed by atoms with E-state index in [9.17, 15) is 20.1 Å². The Morgan fingerprint density at radius 3 is 2.72 bits per heavy atom. The molecule has 0 atom stereocenters. The SMILES string of the molecule is CC1(C)Oc2ccc(C#N)cc2C(N2Cc3ccccc3C2=O)=C1CN(O)C=O. The number of nitriles is 1. The summed E-state index contributed by atoms with van der Waals surface area (Å²) in [5.74, 6) is 0.363. The zero-order valence-corrected chi connectivity index (χ0v) is 16.0. The number of carbonyl (C=O) groups excluding carboxylic acids is 2. The Kier molecular flexibility index (Phi) is 4.36. The third-order valence-electron chi connectivity index (χ3n) is 5.27. The minimum Gasteiger partial charge on any atom is -0.483 e. The molecule has 0 fully saturated rings. The number of hydroxylamine groups is 2. The number of benzene rings is 2. The summed E-state index contributed by atoms with van der Waals surface area (Å²) in [6.45, 7) is 3.85. The van der Waals surface area contributed by atoms with Crippen molar-refractivity contribution in [2.75, 3.05) is 6.54 Å². The van der Waals surface area contributed by atoms with E-state index < -0.39 is 5.60 Å². The van der Waals surface area contributed by atoms with Gasteiger partial charge >= 0.3 is 0 Å². The largest absolute Gasteiger partial charge is 0.483 e. The molecule has 0 saturated carbocycles. The van der Waals surface area contributed by atoms with Crippen LogP contribution in [-0.2, 0) is 11.3 Å². The fourth-order valence-electron chi connectivity index (χ4n) is 3.87. The lowest BCUT2D eigenvalue weighted by atomic mass is 9.88. The van der Waals surface area contributed by atoms with Gasteiger partial charge in [-0.05, 0) is 43.7 Å². The number of fused-ring (bicyclic) bond motifs is 2. The maximum absolute atomic E-state index is 13.2. The summed E-state index contributed by atoms with van der Waals surface area (Å²) in [6.07, 6.45) is 0.308. The average Bonchev–Trinajstić information content (AvgIpc) is 3.04. The van der Waals surface area contributed by atoms with Crippen LogP contribution in [0.2, 0.25) is 0 Å². The fourth-order valence-corrected chi connectivity index (χ4v) is 3.87. The highest BCUT2D eigenvalue weighted by molar-refractivity contribution is 6.04. The summed E-state index contributed by atoms with van der Waals surface area (Å²) in [4.78, 5) is 25.9. The van der Waals surface area contributed by atoms with Crippen molar-refractivity contribution >= 4 is 18.0 Å². The number of nitrogens with zero attached hydrogens (tertiary/aromatic N) is 3. The summed E-state index contributed by atoms with van der Waals surface area (Å²) in [5.41, 5.74) is 2.73. The van der Waals surface area contributed by atoms with Crippen molar-refractivity contribution in [2.45, 2.75) is 26.0 Å². The predicted octanol–water partition coefficient (Wildman–Crippen LogP) is 2.94. The van der Waals surface area contributed by atoms with Crippen LogP contribution in [-0.4, -0.2) is 39.6 Å². The molecule has 0 bridgehead atoms. The van der Waals surface area contributed by atoms with Crippen LogP contribution in [0.4, 0.5) is 0 Å². The normalized spacial score (nSPS) is 16.6. The molecule has 2 aliphatic heterocycles. The molecule has 0 aromatic heterocycles. The van der Waals surface area contributed by atoms with Crippen LogP contribution in [0.5, 0.6) is 5.75 Å². The van der Waals surface area contributed by atoms with E-state index in [2.05, 4.69) is 6.07 Å². The standard InChI is InChI=1S/C22H19N3O4/c1-22(2)18(12-24(28)13-26)20(17-9-14(10-23)7-8-19(17)29-22)25-11-15-5-3-4-6-16(15)21(25)27/h3-9,13,28H,11-12H2,1-2H3. The minimum absolute atomic E-state index is 0.137. The third kappa shape index (κ3) is 3.04. The Bertz CT molecular complexity index is 1100. The van der Waals surface area contributed by atoms with Crippen LogP contribution in [0.3, 0.4) is 0 Å². The van der Waals surface area contributed by atoms with Gasteiger partial charge in [0.05, 0.1) is 30.4 Å². The first-order valence-corrected chi connectivity index (χ1v) is 9.13. The molecule has 2 heterocycles.